The molecule has 2 aromatic carbocycles. The fourth-order valence-electron chi connectivity index (χ4n) is 3.63. The van der Waals surface area contributed by atoms with Crippen molar-refractivity contribution >= 4 is 34.8 Å². The zero-order valence-electron chi connectivity index (χ0n) is 17.4. The molecule has 32 heavy (non-hydrogen) atoms. The molecule has 0 amide bonds. The highest BCUT2D eigenvalue weighted by atomic mass is 35.5. The number of methoxy groups -OCH3 is 1. The van der Waals surface area contributed by atoms with Gasteiger partial charge in [-0.2, -0.15) is 0 Å². The Labute approximate surface area is 193 Å². The summed E-state index contributed by atoms with van der Waals surface area (Å²) in [6.07, 6.45) is 0.891. The summed E-state index contributed by atoms with van der Waals surface area (Å²) in [6, 6.07) is 15.2. The molecule has 7 nitrogen and oxygen atoms in total. The topological polar surface area (TPSA) is 96.7 Å². The molecule has 0 fully saturated rings. The minimum Gasteiger partial charge on any atom is -0.494 e. The van der Waals surface area contributed by atoms with E-state index in [0.29, 0.717) is 35.9 Å². The van der Waals surface area contributed by atoms with Gasteiger partial charge in [0.05, 0.1) is 11.4 Å². The Morgan fingerprint density at radius 3 is 2.72 bits per heavy atom. The van der Waals surface area contributed by atoms with E-state index in [9.17, 15) is 14.7 Å². The quantitative estimate of drug-likeness (QED) is 0.523. The third-order valence-corrected chi connectivity index (χ3v) is 6.78. The Hall–Kier alpha value is -2.81. The highest BCUT2D eigenvalue weighted by molar-refractivity contribution is 7.99. The first-order valence-corrected chi connectivity index (χ1v) is 11.4. The van der Waals surface area contributed by atoms with Gasteiger partial charge in [0.15, 0.2) is 0 Å². The van der Waals surface area contributed by atoms with Crippen molar-refractivity contribution in [3.63, 3.8) is 0 Å². The van der Waals surface area contributed by atoms with Crippen LogP contribution in [0, 0.1) is 0 Å². The van der Waals surface area contributed by atoms with Crippen molar-refractivity contribution in [2.45, 2.75) is 29.5 Å². The molecule has 1 atom stereocenters. The van der Waals surface area contributed by atoms with Crippen molar-refractivity contribution in [3.05, 3.63) is 85.5 Å². The Morgan fingerprint density at radius 2 is 1.97 bits per heavy atom. The number of aromatic hydroxyl groups is 1. The predicted molar refractivity (Wildman–Crippen MR) is 127 cm³/mol. The number of nitrogens with zero attached hydrogens (tertiary/aromatic N) is 2. The SMILES string of the molecule is COCCCn1c(O)c(C2=Nc3ccccc3S[C@@H](c3ccc(Cl)cc3)C2)c(=O)[nH]c1=O. The van der Waals surface area contributed by atoms with Crippen LogP contribution in [0.5, 0.6) is 5.88 Å². The first-order chi connectivity index (χ1) is 15.5. The van der Waals surface area contributed by atoms with Gasteiger partial charge in [-0.15, -0.1) is 11.8 Å². The van der Waals surface area contributed by atoms with Crippen LogP contribution in [0.2, 0.25) is 5.02 Å². The molecular weight excluding hydrogens is 450 g/mol. The number of hydrogen-bond acceptors (Lipinski definition) is 6. The summed E-state index contributed by atoms with van der Waals surface area (Å²) in [5, 5.41) is 11.5. The number of H-pyrrole nitrogens is 1. The van der Waals surface area contributed by atoms with Crippen molar-refractivity contribution in [2.75, 3.05) is 13.7 Å². The molecule has 1 aliphatic rings. The molecule has 166 valence electrons. The average molecular weight is 472 g/mol. The van der Waals surface area contributed by atoms with Gasteiger partial charge >= 0.3 is 5.69 Å². The summed E-state index contributed by atoms with van der Waals surface area (Å²) in [7, 11) is 1.56. The molecule has 1 aliphatic heterocycles. The number of para-hydroxylation sites is 1. The lowest BCUT2D eigenvalue weighted by molar-refractivity contribution is 0.188. The van der Waals surface area contributed by atoms with Crippen LogP contribution >= 0.6 is 23.4 Å². The first-order valence-electron chi connectivity index (χ1n) is 10.1. The van der Waals surface area contributed by atoms with Crippen LogP contribution in [0.25, 0.3) is 0 Å². The highest BCUT2D eigenvalue weighted by Crippen LogP contribution is 2.45. The average Bonchev–Trinajstić information content (AvgIpc) is 2.96. The van der Waals surface area contributed by atoms with E-state index in [-0.39, 0.29) is 23.2 Å². The summed E-state index contributed by atoms with van der Waals surface area (Å²) < 4.78 is 6.19. The molecule has 2 N–H and O–H groups in total. The molecule has 0 unspecified atom stereocenters. The number of rotatable bonds is 6. The van der Waals surface area contributed by atoms with E-state index in [1.165, 1.54) is 0 Å². The molecule has 0 saturated heterocycles. The summed E-state index contributed by atoms with van der Waals surface area (Å²) >= 11 is 7.70. The summed E-state index contributed by atoms with van der Waals surface area (Å²) in [5.74, 6) is -0.382. The van der Waals surface area contributed by atoms with E-state index < -0.39 is 11.2 Å². The number of benzene rings is 2. The molecule has 1 aromatic heterocycles. The van der Waals surface area contributed by atoms with Crippen molar-refractivity contribution in [1.29, 1.82) is 0 Å². The van der Waals surface area contributed by atoms with E-state index in [1.807, 2.05) is 48.5 Å². The number of aliphatic imine (C=N–C) groups is 1. The van der Waals surface area contributed by atoms with E-state index in [2.05, 4.69) is 4.98 Å². The zero-order valence-corrected chi connectivity index (χ0v) is 18.9. The number of aromatic amines is 1. The minimum absolute atomic E-state index is 0.0123. The van der Waals surface area contributed by atoms with Crippen LogP contribution < -0.4 is 11.2 Å². The lowest BCUT2D eigenvalue weighted by Crippen LogP contribution is -2.34. The summed E-state index contributed by atoms with van der Waals surface area (Å²) in [5.41, 5.74) is 0.840. The van der Waals surface area contributed by atoms with Gasteiger partial charge in [0.2, 0.25) is 5.88 Å². The molecule has 9 heteroatoms. The maximum atomic E-state index is 12.8. The van der Waals surface area contributed by atoms with Crippen molar-refractivity contribution in [1.82, 2.24) is 9.55 Å². The highest BCUT2D eigenvalue weighted by Gasteiger charge is 2.27. The molecule has 2 heterocycles. The molecule has 4 rings (SSSR count). The van der Waals surface area contributed by atoms with Crippen molar-refractivity contribution in [2.24, 2.45) is 4.99 Å². The fraction of sp³-hybridized carbons (Fsp3) is 0.261. The van der Waals surface area contributed by atoms with E-state index in [1.54, 1.807) is 18.9 Å². The second-order valence-electron chi connectivity index (χ2n) is 7.34. The van der Waals surface area contributed by atoms with Crippen LogP contribution in [0.3, 0.4) is 0 Å². The maximum absolute atomic E-state index is 12.8. The summed E-state index contributed by atoms with van der Waals surface area (Å²) in [6.45, 7) is 0.630. The maximum Gasteiger partial charge on any atom is 0.331 e. The van der Waals surface area contributed by atoms with E-state index in [0.717, 1.165) is 15.0 Å². The van der Waals surface area contributed by atoms with E-state index in [4.69, 9.17) is 21.3 Å². The standard InChI is InChI=1S/C23H22ClN3O4S/c1-31-12-4-11-27-22(29)20(21(28)26-23(27)30)17-13-19(14-7-9-15(24)10-8-14)32-18-6-3-2-5-16(18)25-17/h2-3,5-10,19,29H,4,11-13H2,1H3,(H,26,28,30)/t19-/m1/s1. The summed E-state index contributed by atoms with van der Waals surface area (Å²) in [4.78, 5) is 33.2. The van der Waals surface area contributed by atoms with Gasteiger partial charge in [-0.05, 0) is 36.2 Å². The number of hydrogen-bond donors (Lipinski definition) is 2. The molecule has 0 saturated carbocycles. The number of aromatic nitrogens is 2. The molecule has 0 aliphatic carbocycles. The smallest absolute Gasteiger partial charge is 0.331 e. The number of fused-ring (bicyclic) bond motifs is 1. The molecule has 0 radical (unpaired) electrons. The van der Waals surface area contributed by atoms with Crippen LogP contribution in [0.1, 0.15) is 29.2 Å². The Morgan fingerprint density at radius 1 is 1.22 bits per heavy atom. The zero-order chi connectivity index (χ0) is 22.7. The molecular formula is C23H22ClN3O4S. The number of thioether (sulfide) groups is 1. The Balaban J connectivity index is 1.83. The normalized spacial score (nSPS) is 15.7. The van der Waals surface area contributed by atoms with Gasteiger partial charge in [0.1, 0.15) is 5.56 Å². The van der Waals surface area contributed by atoms with Gasteiger partial charge in [-0.1, -0.05) is 35.9 Å². The van der Waals surface area contributed by atoms with Crippen LogP contribution in [0.4, 0.5) is 5.69 Å². The Kier molecular flexibility index (Phi) is 6.83. The number of nitrogens with one attached hydrogen (secondary N) is 1. The first kappa shape index (κ1) is 22.4. The number of ether oxygens (including phenoxy) is 1. The van der Waals surface area contributed by atoms with Crippen molar-refractivity contribution < 1.29 is 9.84 Å². The van der Waals surface area contributed by atoms with Crippen LogP contribution in [-0.4, -0.2) is 34.1 Å². The molecule has 0 spiro atoms. The largest absolute Gasteiger partial charge is 0.494 e. The van der Waals surface area contributed by atoms with Crippen LogP contribution in [0.15, 0.2) is 68.0 Å². The molecule has 0 bridgehead atoms. The second-order valence-corrected chi connectivity index (χ2v) is 9.03. The third-order valence-electron chi connectivity index (χ3n) is 5.20. The van der Waals surface area contributed by atoms with E-state index >= 15 is 0 Å². The predicted octanol–water partition coefficient (Wildman–Crippen LogP) is 4.29. The lowest BCUT2D eigenvalue weighted by atomic mass is 10.0. The third kappa shape index (κ3) is 4.67. The minimum atomic E-state index is -0.661. The van der Waals surface area contributed by atoms with Gasteiger partial charge in [0, 0.05) is 41.9 Å². The lowest BCUT2D eigenvalue weighted by Gasteiger charge is -2.17. The van der Waals surface area contributed by atoms with Crippen molar-refractivity contribution in [3.8, 4) is 5.88 Å². The second kappa shape index (κ2) is 9.77. The Bertz CT molecular complexity index is 1270. The van der Waals surface area contributed by atoms with Gasteiger partial charge < -0.3 is 9.84 Å². The van der Waals surface area contributed by atoms with Gasteiger partial charge in [-0.25, -0.2) is 4.79 Å². The molecule has 3 aromatic rings. The fourth-order valence-corrected chi connectivity index (χ4v) is 4.98. The number of halogens is 1. The van der Waals surface area contributed by atoms with Gasteiger partial charge in [-0.3, -0.25) is 19.3 Å². The monoisotopic (exact) mass is 471 g/mol. The van der Waals surface area contributed by atoms with Gasteiger partial charge in [0.25, 0.3) is 5.56 Å². The van der Waals surface area contributed by atoms with Crippen LogP contribution in [-0.2, 0) is 11.3 Å².